The average Bonchev–Trinajstić information content (AvgIpc) is 1.71. The number of rotatable bonds is 2. The molecule has 0 saturated heterocycles. The molecule has 0 amide bonds. The van der Waals surface area contributed by atoms with Crippen molar-refractivity contribution >= 4 is 0 Å². The maximum atomic E-state index is 3.68. The molecule has 2 radical (unpaired) electrons. The zero-order chi connectivity index (χ0) is 6.83. The summed E-state index contributed by atoms with van der Waals surface area (Å²) in [5.41, 5.74) is 0. The molecule has 0 heteroatoms. The van der Waals surface area contributed by atoms with Gasteiger partial charge >= 0.3 is 0 Å². The Morgan fingerprint density at radius 2 is 1.50 bits per heavy atom. The molecular formula is C8H18. The van der Waals surface area contributed by atoms with Gasteiger partial charge in [-0.05, 0) is 0 Å². The highest BCUT2D eigenvalue weighted by atomic mass is 13.7. The lowest BCUT2D eigenvalue weighted by molar-refractivity contribution is 0.813. The van der Waals surface area contributed by atoms with E-state index in [-0.39, 0.29) is 0 Å². The predicted octanol–water partition coefficient (Wildman–Crippen LogP) is 3.24. The topological polar surface area (TPSA) is 0 Å². The lowest BCUT2D eigenvalue weighted by atomic mass is 10.3. The molecule has 0 nitrogen and oxygen atoms in total. The molecule has 0 fully saturated rings. The summed E-state index contributed by atoms with van der Waals surface area (Å²) in [4.78, 5) is 0. The quantitative estimate of drug-likeness (QED) is 0.517. The first-order chi connectivity index (χ1) is 3.83. The molecule has 0 aliphatic heterocycles. The maximum absolute atomic E-state index is 3.68. The van der Waals surface area contributed by atoms with Crippen LogP contribution < -0.4 is 0 Å². The second-order valence-corrected chi connectivity index (χ2v) is 1.71. The highest BCUT2D eigenvalue weighted by molar-refractivity contribution is 4.35. The summed E-state index contributed by atoms with van der Waals surface area (Å²) in [5, 5.41) is 0. The van der Waals surface area contributed by atoms with Gasteiger partial charge in [-0.25, -0.2) is 0 Å². The Morgan fingerprint density at radius 1 is 1.12 bits per heavy atom. The summed E-state index contributed by atoms with van der Waals surface area (Å²) < 4.78 is 0. The van der Waals surface area contributed by atoms with E-state index in [1.807, 2.05) is 6.92 Å². The summed E-state index contributed by atoms with van der Waals surface area (Å²) in [5.74, 6) is 0. The van der Waals surface area contributed by atoms with E-state index in [2.05, 4.69) is 20.8 Å². The molecule has 8 heavy (non-hydrogen) atoms. The minimum atomic E-state index is 1.00. The van der Waals surface area contributed by atoms with Crippen molar-refractivity contribution in [3.8, 4) is 0 Å². The minimum Gasteiger partial charge on any atom is -0.0654 e. The molecular weight excluding hydrogens is 96.1 g/mol. The lowest BCUT2D eigenvalue weighted by Gasteiger charge is -1.79. The van der Waals surface area contributed by atoms with Gasteiger partial charge in [0.25, 0.3) is 0 Å². The van der Waals surface area contributed by atoms with Crippen molar-refractivity contribution in [2.75, 3.05) is 0 Å². The average molecular weight is 114 g/mol. The first-order valence-corrected chi connectivity index (χ1v) is 3.41. The Bertz CT molecular complexity index is 14.0. The van der Waals surface area contributed by atoms with E-state index in [1.54, 1.807) is 0 Å². The van der Waals surface area contributed by atoms with E-state index in [4.69, 9.17) is 0 Å². The van der Waals surface area contributed by atoms with Gasteiger partial charge in [-0.1, -0.05) is 53.4 Å². The molecule has 0 saturated carbocycles. The molecule has 50 valence electrons. The van der Waals surface area contributed by atoms with E-state index < -0.39 is 0 Å². The van der Waals surface area contributed by atoms with Crippen LogP contribution in [-0.2, 0) is 0 Å². The predicted molar refractivity (Wildman–Crippen MR) is 40.5 cm³/mol. The van der Waals surface area contributed by atoms with Gasteiger partial charge in [-0.3, -0.25) is 0 Å². The molecule has 0 spiro atoms. The normalized spacial score (nSPS) is 7.50. The second kappa shape index (κ2) is 15.8. The zero-order valence-electron chi connectivity index (χ0n) is 6.24. The number of unbranched alkanes of at least 4 members (excludes halogenated alkanes) is 2. The molecule has 0 aliphatic rings. The maximum Gasteiger partial charge on any atom is -0.0533 e. The Morgan fingerprint density at radius 3 is 1.50 bits per heavy atom. The molecule has 0 atom stereocenters. The van der Waals surface area contributed by atoms with Gasteiger partial charge in [-0.15, -0.1) is 0 Å². The van der Waals surface area contributed by atoms with E-state index in [0.29, 0.717) is 0 Å². The number of hydrogen-bond donors (Lipinski definition) is 0. The Labute approximate surface area is 54.3 Å². The van der Waals surface area contributed by atoms with Crippen LogP contribution in [-0.4, -0.2) is 0 Å². The summed E-state index contributed by atoms with van der Waals surface area (Å²) in [6, 6.07) is 0. The van der Waals surface area contributed by atoms with Crippen molar-refractivity contribution in [2.24, 2.45) is 0 Å². The van der Waals surface area contributed by atoms with E-state index in [9.17, 15) is 0 Å². The smallest absolute Gasteiger partial charge is 0.0533 e. The van der Waals surface area contributed by atoms with Gasteiger partial charge in [0.2, 0.25) is 0 Å². The van der Waals surface area contributed by atoms with Crippen LogP contribution in [0.3, 0.4) is 0 Å². The van der Waals surface area contributed by atoms with Crippen molar-refractivity contribution in [3.05, 3.63) is 13.8 Å². The van der Waals surface area contributed by atoms with Crippen molar-refractivity contribution in [1.82, 2.24) is 0 Å². The highest BCUT2D eigenvalue weighted by Crippen LogP contribution is 1.87. The van der Waals surface area contributed by atoms with Crippen LogP contribution in [0.4, 0.5) is 0 Å². The molecule has 0 bridgehead atoms. The van der Waals surface area contributed by atoms with Crippen molar-refractivity contribution in [3.63, 3.8) is 0 Å². The van der Waals surface area contributed by atoms with E-state index in [0.717, 1.165) is 12.8 Å². The molecule has 0 aromatic heterocycles. The first-order valence-electron chi connectivity index (χ1n) is 3.41. The second-order valence-electron chi connectivity index (χ2n) is 1.71. The largest absolute Gasteiger partial charge is 0.0654 e. The van der Waals surface area contributed by atoms with Crippen LogP contribution in [0.5, 0.6) is 0 Å². The fraction of sp³-hybridized carbons (Fsp3) is 0.750. The van der Waals surface area contributed by atoms with Crippen LogP contribution in [0, 0.1) is 13.8 Å². The van der Waals surface area contributed by atoms with Gasteiger partial charge in [0, 0.05) is 0 Å². The monoisotopic (exact) mass is 114 g/mol. The summed E-state index contributed by atoms with van der Waals surface area (Å²) in [7, 11) is 0. The summed E-state index contributed by atoms with van der Waals surface area (Å²) in [6.45, 7) is 11.3. The first kappa shape index (κ1) is 10.9. The molecule has 0 aromatic rings. The third-order valence-electron chi connectivity index (χ3n) is 0.604. The van der Waals surface area contributed by atoms with Gasteiger partial charge in [0.1, 0.15) is 0 Å². The fourth-order valence-corrected chi connectivity index (χ4v) is 0.250. The Kier molecular flexibility index (Phi) is 21.4. The van der Waals surface area contributed by atoms with E-state index >= 15 is 0 Å². The third-order valence-corrected chi connectivity index (χ3v) is 0.604. The molecule has 0 aromatic carbocycles. The SMILES string of the molecule is [CH2]CC.[CH2]CCCC. The Hall–Kier alpha value is 0. The molecule has 0 N–H and O–H groups in total. The van der Waals surface area contributed by atoms with Gasteiger partial charge < -0.3 is 0 Å². The minimum absolute atomic E-state index is 1.00. The zero-order valence-corrected chi connectivity index (χ0v) is 6.24. The highest BCUT2D eigenvalue weighted by Gasteiger charge is 1.68. The van der Waals surface area contributed by atoms with Gasteiger partial charge in [-0.2, -0.15) is 0 Å². The van der Waals surface area contributed by atoms with Crippen LogP contribution in [0.25, 0.3) is 0 Å². The lowest BCUT2D eigenvalue weighted by Crippen LogP contribution is -1.59. The van der Waals surface area contributed by atoms with Crippen molar-refractivity contribution in [2.45, 2.75) is 39.5 Å². The third kappa shape index (κ3) is 37.5. The van der Waals surface area contributed by atoms with Crippen LogP contribution >= 0.6 is 0 Å². The van der Waals surface area contributed by atoms with Crippen LogP contribution in [0.2, 0.25) is 0 Å². The van der Waals surface area contributed by atoms with Crippen LogP contribution in [0.15, 0.2) is 0 Å². The van der Waals surface area contributed by atoms with E-state index in [1.165, 1.54) is 12.8 Å². The summed E-state index contributed by atoms with van der Waals surface area (Å²) >= 11 is 0. The van der Waals surface area contributed by atoms with Gasteiger partial charge in [0.15, 0.2) is 0 Å². The molecule has 0 heterocycles. The standard InChI is InChI=1S/C5H11.C3H7/c1-3-5-4-2;1-3-2/h1,3-5H2,2H3;1,3H2,2H3. The molecule has 0 unspecified atom stereocenters. The van der Waals surface area contributed by atoms with Crippen molar-refractivity contribution in [1.29, 1.82) is 0 Å². The summed E-state index contributed by atoms with van der Waals surface area (Å²) in [6.07, 6.45) is 4.65. The van der Waals surface area contributed by atoms with Crippen LogP contribution in [0.1, 0.15) is 39.5 Å². The van der Waals surface area contributed by atoms with Crippen molar-refractivity contribution < 1.29 is 0 Å². The molecule has 0 rings (SSSR count). The number of hydrogen-bond acceptors (Lipinski definition) is 0. The fourth-order valence-electron chi connectivity index (χ4n) is 0.250. The Balaban J connectivity index is 0. The molecule has 0 aliphatic carbocycles. The van der Waals surface area contributed by atoms with Gasteiger partial charge in [0.05, 0.1) is 0 Å².